The standard InChI is InChI=1S/C25H34N6O6S/c1-24(2,3)14-9-17-20(30(4)25(36-5,22(32)33)21(17)29-38(6,34)35)18(10-14)37-19-7-8-26-23(28-19)31-13-15-11-16(31)12-27-15/h7-10,15-16,21,27,29H,11-13H2,1-6H3,(H,32,33). The lowest BCUT2D eigenvalue weighted by molar-refractivity contribution is -0.164. The summed E-state index contributed by atoms with van der Waals surface area (Å²) in [4.78, 5) is 25.4. The fourth-order valence-corrected chi connectivity index (χ4v) is 6.42. The molecule has 13 heteroatoms. The molecule has 0 spiro atoms. The van der Waals surface area contributed by atoms with Crippen LogP contribution in [0.25, 0.3) is 0 Å². The van der Waals surface area contributed by atoms with E-state index in [0.717, 1.165) is 31.3 Å². The van der Waals surface area contributed by atoms with Gasteiger partial charge in [0.1, 0.15) is 6.04 Å². The Balaban J connectivity index is 1.63. The topological polar surface area (TPSA) is 146 Å². The fraction of sp³-hybridized carbons (Fsp3) is 0.560. The van der Waals surface area contributed by atoms with Gasteiger partial charge in [0.25, 0.3) is 5.72 Å². The van der Waals surface area contributed by atoms with Gasteiger partial charge in [0.15, 0.2) is 5.75 Å². The van der Waals surface area contributed by atoms with Gasteiger partial charge in [-0.3, -0.25) is 0 Å². The average molecular weight is 547 g/mol. The van der Waals surface area contributed by atoms with Crippen LogP contribution in [0.1, 0.15) is 44.4 Å². The molecule has 3 aliphatic rings. The molecule has 2 aromatic rings. The van der Waals surface area contributed by atoms with Gasteiger partial charge in [-0.15, -0.1) is 0 Å². The second kappa shape index (κ2) is 9.04. The van der Waals surface area contributed by atoms with Crippen molar-refractivity contribution in [2.24, 2.45) is 0 Å². The molecule has 5 rings (SSSR count). The van der Waals surface area contributed by atoms with Crippen LogP contribution in [0.4, 0.5) is 11.6 Å². The Morgan fingerprint density at radius 1 is 1.32 bits per heavy atom. The summed E-state index contributed by atoms with van der Waals surface area (Å²) in [6.45, 7) is 7.73. The normalized spacial score (nSPS) is 26.6. The number of likely N-dealkylation sites (N-methyl/N-ethyl adjacent to an activating group) is 1. The number of rotatable bonds is 7. The Morgan fingerprint density at radius 2 is 2.05 bits per heavy atom. The Labute approximate surface area is 222 Å². The first-order chi connectivity index (χ1) is 17.7. The van der Waals surface area contributed by atoms with E-state index in [-0.39, 0.29) is 5.41 Å². The molecule has 0 aliphatic carbocycles. The van der Waals surface area contributed by atoms with Crippen molar-refractivity contribution in [1.82, 2.24) is 20.0 Å². The quantitative estimate of drug-likeness (QED) is 0.465. The minimum atomic E-state index is -3.82. The van der Waals surface area contributed by atoms with Crippen LogP contribution in [0.2, 0.25) is 0 Å². The van der Waals surface area contributed by atoms with Gasteiger partial charge >= 0.3 is 5.97 Å². The molecule has 4 unspecified atom stereocenters. The van der Waals surface area contributed by atoms with Gasteiger partial charge in [-0.1, -0.05) is 26.8 Å². The van der Waals surface area contributed by atoms with Gasteiger partial charge in [0, 0.05) is 57.2 Å². The van der Waals surface area contributed by atoms with Crippen molar-refractivity contribution >= 4 is 27.6 Å². The van der Waals surface area contributed by atoms with Gasteiger partial charge in [0.05, 0.1) is 11.9 Å². The second-order valence-electron chi connectivity index (χ2n) is 11.2. The number of carboxylic acid groups (broad SMARTS) is 1. The van der Waals surface area contributed by atoms with Gasteiger partial charge in [-0.2, -0.15) is 4.98 Å². The predicted molar refractivity (Wildman–Crippen MR) is 141 cm³/mol. The zero-order valence-corrected chi connectivity index (χ0v) is 23.2. The molecule has 2 bridgehead atoms. The molecule has 2 fully saturated rings. The molecular weight excluding hydrogens is 512 g/mol. The number of hydrogen-bond donors (Lipinski definition) is 3. The Kier molecular flexibility index (Phi) is 6.33. The highest BCUT2D eigenvalue weighted by atomic mass is 32.2. The number of sulfonamides is 1. The molecule has 0 amide bonds. The Hall–Kier alpha value is -3.00. The molecule has 1 aromatic heterocycles. The van der Waals surface area contributed by atoms with Crippen LogP contribution in [0.5, 0.6) is 11.6 Å². The number of ether oxygens (including phenoxy) is 2. The highest BCUT2D eigenvalue weighted by molar-refractivity contribution is 7.88. The third-order valence-corrected chi connectivity index (χ3v) is 8.27. The molecule has 12 nitrogen and oxygen atoms in total. The zero-order chi connectivity index (χ0) is 27.6. The molecule has 38 heavy (non-hydrogen) atoms. The minimum absolute atomic E-state index is 0.297. The first-order valence-electron chi connectivity index (χ1n) is 12.4. The van der Waals surface area contributed by atoms with Crippen LogP contribution in [-0.4, -0.2) is 80.8 Å². The number of hydrogen-bond acceptors (Lipinski definition) is 10. The number of anilines is 2. The van der Waals surface area contributed by atoms with E-state index < -0.39 is 27.8 Å². The first kappa shape index (κ1) is 26.6. The largest absolute Gasteiger partial charge is 0.478 e. The van der Waals surface area contributed by atoms with E-state index in [1.54, 1.807) is 19.3 Å². The summed E-state index contributed by atoms with van der Waals surface area (Å²) in [6.07, 6.45) is 3.67. The summed E-state index contributed by atoms with van der Waals surface area (Å²) in [5.74, 6) is -0.137. The molecule has 206 valence electrons. The average Bonchev–Trinajstić information content (AvgIpc) is 3.51. The summed E-state index contributed by atoms with van der Waals surface area (Å²) in [7, 11) is -1.03. The molecule has 0 saturated carbocycles. The van der Waals surface area contributed by atoms with Gasteiger partial charge < -0.3 is 29.7 Å². The number of methoxy groups -OCH3 is 1. The van der Waals surface area contributed by atoms with Crippen molar-refractivity contribution < 1.29 is 27.8 Å². The maximum atomic E-state index is 12.7. The number of carbonyl (C=O) groups is 1. The highest BCUT2D eigenvalue weighted by Gasteiger charge is 2.59. The molecule has 4 atom stereocenters. The predicted octanol–water partition coefficient (Wildman–Crippen LogP) is 1.58. The summed E-state index contributed by atoms with van der Waals surface area (Å²) in [5, 5.41) is 13.8. The first-order valence-corrected chi connectivity index (χ1v) is 14.3. The number of carboxylic acids is 1. The monoisotopic (exact) mass is 546 g/mol. The molecule has 0 radical (unpaired) electrons. The molecule has 3 N–H and O–H groups in total. The van der Waals surface area contributed by atoms with E-state index in [4.69, 9.17) is 9.47 Å². The maximum Gasteiger partial charge on any atom is 0.359 e. The molecule has 1 aromatic carbocycles. The number of nitrogens with zero attached hydrogens (tertiary/aromatic N) is 4. The van der Waals surface area contributed by atoms with Crippen molar-refractivity contribution in [3.63, 3.8) is 0 Å². The van der Waals surface area contributed by atoms with Crippen LogP contribution < -0.4 is 24.6 Å². The molecule has 3 aliphatic heterocycles. The number of fused-ring (bicyclic) bond motifs is 3. The molecular formula is C25H34N6O6S. The summed E-state index contributed by atoms with van der Waals surface area (Å²) < 4.78 is 39.1. The van der Waals surface area contributed by atoms with Crippen LogP contribution in [0.3, 0.4) is 0 Å². The van der Waals surface area contributed by atoms with Gasteiger partial charge in [-0.05, 0) is 23.5 Å². The lowest BCUT2D eigenvalue weighted by atomic mass is 9.84. The maximum absolute atomic E-state index is 12.7. The minimum Gasteiger partial charge on any atom is -0.478 e. The van der Waals surface area contributed by atoms with E-state index in [9.17, 15) is 18.3 Å². The van der Waals surface area contributed by atoms with Crippen molar-refractivity contribution in [3.05, 3.63) is 35.5 Å². The van der Waals surface area contributed by atoms with Crippen molar-refractivity contribution in [3.8, 4) is 11.6 Å². The van der Waals surface area contributed by atoms with Crippen LogP contribution >= 0.6 is 0 Å². The van der Waals surface area contributed by atoms with Crippen molar-refractivity contribution in [1.29, 1.82) is 0 Å². The molecule has 2 saturated heterocycles. The van der Waals surface area contributed by atoms with E-state index in [1.807, 2.05) is 32.9 Å². The lowest BCUT2D eigenvalue weighted by Crippen LogP contribution is -2.59. The SMILES string of the molecule is COC1(C(=O)O)C(NS(C)(=O)=O)c2cc(C(C)(C)C)cc(Oc3ccnc(N4CC5CC4CN5)n3)c2N1C. The number of benzene rings is 1. The van der Waals surface area contributed by atoms with Crippen LogP contribution in [0, 0.1) is 0 Å². The fourth-order valence-electron chi connectivity index (χ4n) is 5.70. The van der Waals surface area contributed by atoms with Crippen LogP contribution in [0.15, 0.2) is 24.4 Å². The summed E-state index contributed by atoms with van der Waals surface area (Å²) in [5.41, 5.74) is -0.746. The van der Waals surface area contributed by atoms with Crippen LogP contribution in [-0.2, 0) is 25.0 Å². The van der Waals surface area contributed by atoms with Crippen molar-refractivity contribution in [2.45, 2.75) is 56.5 Å². The third-order valence-electron chi connectivity index (χ3n) is 7.60. The molecule has 4 heterocycles. The number of piperazine rings is 1. The Morgan fingerprint density at radius 3 is 2.61 bits per heavy atom. The van der Waals surface area contributed by atoms with Crippen molar-refractivity contribution in [2.75, 3.05) is 43.3 Å². The van der Waals surface area contributed by atoms with Gasteiger partial charge in [-0.25, -0.2) is 22.9 Å². The number of aromatic nitrogens is 2. The second-order valence-corrected chi connectivity index (χ2v) is 13.0. The van der Waals surface area contributed by atoms with E-state index in [1.165, 1.54) is 12.0 Å². The van der Waals surface area contributed by atoms with E-state index in [2.05, 4.69) is 24.9 Å². The van der Waals surface area contributed by atoms with E-state index in [0.29, 0.717) is 40.9 Å². The van der Waals surface area contributed by atoms with E-state index >= 15 is 0 Å². The third kappa shape index (κ3) is 4.36. The number of nitrogens with one attached hydrogen (secondary N) is 2. The number of aliphatic carboxylic acids is 1. The zero-order valence-electron chi connectivity index (χ0n) is 22.3. The lowest BCUT2D eigenvalue weighted by Gasteiger charge is -2.36. The summed E-state index contributed by atoms with van der Waals surface area (Å²) >= 11 is 0. The smallest absolute Gasteiger partial charge is 0.359 e. The summed E-state index contributed by atoms with van der Waals surface area (Å²) in [6, 6.07) is 4.81. The highest BCUT2D eigenvalue weighted by Crippen LogP contribution is 2.53. The Bertz CT molecular complexity index is 1380. The van der Waals surface area contributed by atoms with Gasteiger partial charge in [0.2, 0.25) is 21.9 Å².